The Labute approximate surface area is 138 Å². The van der Waals surface area contributed by atoms with Crippen LogP contribution < -0.4 is 16.6 Å². The van der Waals surface area contributed by atoms with Crippen LogP contribution in [0.2, 0.25) is 0 Å². The number of hydrogen-bond acceptors (Lipinski definition) is 5. The number of nitrogens with zero attached hydrogens (tertiary/aromatic N) is 1. The third-order valence-electron chi connectivity index (χ3n) is 3.62. The maximum atomic E-state index is 12.0. The number of para-hydroxylation sites is 1. The summed E-state index contributed by atoms with van der Waals surface area (Å²) in [4.78, 5) is 15.7. The molecule has 0 atom stereocenters. The molecule has 0 unspecified atom stereocenters. The first-order valence-corrected chi connectivity index (χ1v) is 7.13. The third-order valence-corrected chi connectivity index (χ3v) is 3.62. The van der Waals surface area contributed by atoms with Crippen LogP contribution >= 0.6 is 0 Å². The van der Waals surface area contributed by atoms with Gasteiger partial charge in [0.15, 0.2) is 0 Å². The molecule has 1 aromatic heterocycles. The van der Waals surface area contributed by atoms with Crippen molar-refractivity contribution in [2.24, 2.45) is 0 Å². The molecule has 0 amide bonds. The summed E-state index contributed by atoms with van der Waals surface area (Å²) in [5.74, 6) is -1.56. The number of carbonyl (C=O) groups is 1. The van der Waals surface area contributed by atoms with Gasteiger partial charge in [-0.15, -0.1) is 0 Å². The molecule has 0 saturated heterocycles. The van der Waals surface area contributed by atoms with Gasteiger partial charge >= 0.3 is 5.97 Å². The Bertz CT molecular complexity index is 939. The van der Waals surface area contributed by atoms with E-state index in [9.17, 15) is 15.0 Å². The molecule has 3 aromatic rings. The van der Waals surface area contributed by atoms with Gasteiger partial charge in [-0.05, 0) is 29.3 Å². The molecule has 6 heteroatoms. The van der Waals surface area contributed by atoms with Crippen LogP contribution in [0.1, 0.15) is 10.4 Å². The van der Waals surface area contributed by atoms with E-state index >= 15 is 0 Å². The van der Waals surface area contributed by atoms with E-state index in [2.05, 4.69) is 4.98 Å². The van der Waals surface area contributed by atoms with Crippen molar-refractivity contribution >= 4 is 17.5 Å². The first-order valence-electron chi connectivity index (χ1n) is 7.13. The normalized spacial score (nSPS) is 10.5. The summed E-state index contributed by atoms with van der Waals surface area (Å²) in [6, 6.07) is 14.7. The van der Waals surface area contributed by atoms with E-state index in [1.165, 1.54) is 6.07 Å². The number of aromatic nitrogens is 1. The second-order valence-electron chi connectivity index (χ2n) is 5.24. The van der Waals surface area contributed by atoms with E-state index in [0.29, 0.717) is 28.1 Å². The molecule has 0 bridgehead atoms. The zero-order chi connectivity index (χ0) is 17.3. The van der Waals surface area contributed by atoms with Crippen LogP contribution in [-0.4, -0.2) is 16.1 Å². The molecular formula is C18H14N3O3-. The van der Waals surface area contributed by atoms with E-state index in [1.54, 1.807) is 48.5 Å². The lowest BCUT2D eigenvalue weighted by Crippen LogP contribution is -2.08. The van der Waals surface area contributed by atoms with Gasteiger partial charge in [-0.25, -0.2) is 9.78 Å². The highest BCUT2D eigenvalue weighted by Gasteiger charge is 2.19. The first kappa shape index (κ1) is 15.4. The molecule has 0 saturated carbocycles. The molecule has 0 aliphatic carbocycles. The van der Waals surface area contributed by atoms with Crippen molar-refractivity contribution in [1.29, 1.82) is 0 Å². The van der Waals surface area contributed by atoms with Crippen molar-refractivity contribution in [3.05, 3.63) is 60.2 Å². The lowest BCUT2D eigenvalue weighted by atomic mass is 9.97. The molecule has 0 fully saturated rings. The molecule has 5 N–H and O–H groups in total. The van der Waals surface area contributed by atoms with Crippen LogP contribution in [0.4, 0.5) is 11.5 Å². The molecule has 3 rings (SSSR count). The van der Waals surface area contributed by atoms with Crippen LogP contribution in [0.5, 0.6) is 5.75 Å². The molecule has 120 valence electrons. The predicted octanol–water partition coefficient (Wildman–Crippen LogP) is 2.35. The van der Waals surface area contributed by atoms with Crippen molar-refractivity contribution in [1.82, 2.24) is 4.98 Å². The number of hydrogen-bond donors (Lipinski definition) is 3. The van der Waals surface area contributed by atoms with E-state index in [1.807, 2.05) is 0 Å². The van der Waals surface area contributed by atoms with Gasteiger partial charge in [-0.3, -0.25) is 0 Å². The second-order valence-corrected chi connectivity index (χ2v) is 5.24. The van der Waals surface area contributed by atoms with Crippen molar-refractivity contribution in [3.8, 4) is 28.1 Å². The number of anilines is 2. The minimum Gasteiger partial charge on any atom is -0.872 e. The lowest BCUT2D eigenvalue weighted by Gasteiger charge is -2.16. The summed E-state index contributed by atoms with van der Waals surface area (Å²) in [5, 5.41) is 21.5. The number of benzene rings is 2. The first-order chi connectivity index (χ1) is 11.5. The second kappa shape index (κ2) is 5.92. The van der Waals surface area contributed by atoms with Gasteiger partial charge in [0.2, 0.25) is 0 Å². The van der Waals surface area contributed by atoms with E-state index in [0.717, 1.165) is 0 Å². The van der Waals surface area contributed by atoms with Crippen molar-refractivity contribution in [2.75, 3.05) is 11.5 Å². The molecule has 0 radical (unpaired) electrons. The number of aromatic carboxylic acids is 1. The highest BCUT2D eigenvalue weighted by molar-refractivity contribution is 6.01. The van der Waals surface area contributed by atoms with E-state index in [-0.39, 0.29) is 17.1 Å². The van der Waals surface area contributed by atoms with Crippen LogP contribution in [0.3, 0.4) is 0 Å². The Hall–Kier alpha value is -3.54. The summed E-state index contributed by atoms with van der Waals surface area (Å²) in [6.45, 7) is 0. The van der Waals surface area contributed by atoms with Crippen molar-refractivity contribution in [2.45, 2.75) is 0 Å². The number of pyridine rings is 1. The molecule has 0 spiro atoms. The van der Waals surface area contributed by atoms with Crippen LogP contribution in [-0.2, 0) is 0 Å². The molecule has 6 nitrogen and oxygen atoms in total. The maximum absolute atomic E-state index is 12.0. The lowest BCUT2D eigenvalue weighted by molar-refractivity contribution is -0.267. The van der Waals surface area contributed by atoms with Crippen molar-refractivity contribution in [3.63, 3.8) is 0 Å². The fraction of sp³-hybridized carbons (Fsp3) is 0. The van der Waals surface area contributed by atoms with E-state index in [4.69, 9.17) is 11.5 Å². The molecule has 1 heterocycles. The van der Waals surface area contributed by atoms with Crippen LogP contribution in [0, 0.1) is 0 Å². The fourth-order valence-electron chi connectivity index (χ4n) is 2.54. The Balaban J connectivity index is 2.30. The number of nitrogens with two attached hydrogens (primary N) is 2. The number of carboxylic acids is 1. The zero-order valence-electron chi connectivity index (χ0n) is 12.6. The Morgan fingerprint density at radius 1 is 1.00 bits per heavy atom. The number of rotatable bonds is 3. The Morgan fingerprint density at radius 3 is 2.42 bits per heavy atom. The summed E-state index contributed by atoms with van der Waals surface area (Å²) in [5.41, 5.74) is 13.6. The number of carboxylic acid groups (broad SMARTS) is 1. The highest BCUT2D eigenvalue weighted by Crippen LogP contribution is 2.34. The quantitative estimate of drug-likeness (QED) is 0.636. The molecule has 0 aliphatic rings. The van der Waals surface area contributed by atoms with Crippen LogP contribution in [0.25, 0.3) is 22.4 Å². The topological polar surface area (TPSA) is 125 Å². The largest absolute Gasteiger partial charge is 0.872 e. The minimum absolute atomic E-state index is 0.118. The highest BCUT2D eigenvalue weighted by atomic mass is 16.4. The van der Waals surface area contributed by atoms with Gasteiger partial charge in [0.1, 0.15) is 11.4 Å². The fourth-order valence-corrected chi connectivity index (χ4v) is 2.54. The third kappa shape index (κ3) is 2.72. The molecule has 24 heavy (non-hydrogen) atoms. The maximum Gasteiger partial charge on any atom is 0.340 e. The molecular weight excluding hydrogens is 306 g/mol. The van der Waals surface area contributed by atoms with Gasteiger partial charge in [-0.2, -0.15) is 0 Å². The Morgan fingerprint density at radius 2 is 1.75 bits per heavy atom. The van der Waals surface area contributed by atoms with Gasteiger partial charge < -0.3 is 21.7 Å². The molecule has 0 aliphatic heterocycles. The summed E-state index contributed by atoms with van der Waals surface area (Å²) >= 11 is 0. The number of nitrogen functional groups attached to an aromatic ring is 2. The summed E-state index contributed by atoms with van der Waals surface area (Å²) < 4.78 is 0. The average molecular weight is 320 g/mol. The summed E-state index contributed by atoms with van der Waals surface area (Å²) in [6.07, 6.45) is 0. The summed E-state index contributed by atoms with van der Waals surface area (Å²) in [7, 11) is 0. The SMILES string of the molecule is Nc1cccc(-c2cc(-c3ccccc3[O-])nc(N)c2C(=O)O)c1. The Kier molecular flexibility index (Phi) is 3.79. The zero-order valence-corrected chi connectivity index (χ0v) is 12.6. The minimum atomic E-state index is -1.20. The van der Waals surface area contributed by atoms with Crippen molar-refractivity contribution < 1.29 is 15.0 Å². The standard InChI is InChI=1S/C18H15N3O3/c19-11-5-3-4-10(8-11)13-9-14(12-6-1-2-7-15(12)22)21-17(20)16(13)18(23)24/h1-9,22H,19H2,(H2,20,21)(H,23,24)/p-1. The van der Waals surface area contributed by atoms with E-state index < -0.39 is 5.97 Å². The average Bonchev–Trinajstić information content (AvgIpc) is 2.54. The monoisotopic (exact) mass is 320 g/mol. The van der Waals surface area contributed by atoms with Gasteiger partial charge in [0, 0.05) is 11.3 Å². The van der Waals surface area contributed by atoms with Gasteiger partial charge in [-0.1, -0.05) is 42.1 Å². The molecule has 2 aromatic carbocycles. The van der Waals surface area contributed by atoms with Crippen LogP contribution in [0.15, 0.2) is 54.6 Å². The van der Waals surface area contributed by atoms with Gasteiger partial charge in [0.25, 0.3) is 0 Å². The van der Waals surface area contributed by atoms with Gasteiger partial charge in [0.05, 0.1) is 5.69 Å². The smallest absolute Gasteiger partial charge is 0.340 e. The predicted molar refractivity (Wildman–Crippen MR) is 90.3 cm³/mol.